The molecule has 78 valence electrons. The molecule has 2 rings (SSSR count). The van der Waals surface area contributed by atoms with Gasteiger partial charge in [0.2, 0.25) is 0 Å². The number of nitrogens with zero attached hydrogens (tertiary/aromatic N) is 2. The molecule has 1 saturated carbocycles. The van der Waals surface area contributed by atoms with Gasteiger partial charge in [-0.25, -0.2) is 0 Å². The average Bonchev–Trinajstić information content (AvgIpc) is 2.99. The quantitative estimate of drug-likeness (QED) is 0.747. The highest BCUT2D eigenvalue weighted by Crippen LogP contribution is 2.26. The summed E-state index contributed by atoms with van der Waals surface area (Å²) >= 11 is 0. The van der Waals surface area contributed by atoms with E-state index in [9.17, 15) is 4.79 Å². The van der Waals surface area contributed by atoms with Crippen molar-refractivity contribution >= 4 is 11.7 Å². The number of pyridine rings is 1. The van der Waals surface area contributed by atoms with Crippen molar-refractivity contribution < 1.29 is 14.7 Å². The smallest absolute Gasteiger partial charge is 0.312 e. The van der Waals surface area contributed by atoms with Crippen molar-refractivity contribution in [1.29, 1.82) is 0 Å². The molecule has 0 radical (unpaired) electrons. The molecule has 0 aromatic carbocycles. The first kappa shape index (κ1) is 9.64. The van der Waals surface area contributed by atoms with Crippen molar-refractivity contribution in [3.05, 3.63) is 30.1 Å². The normalized spacial score (nSPS) is 21.3. The molecule has 1 N–H and O–H groups in total. The van der Waals surface area contributed by atoms with E-state index in [1.807, 2.05) is 18.2 Å². The van der Waals surface area contributed by atoms with Crippen LogP contribution < -0.4 is 0 Å². The molecular weight excluding hydrogens is 196 g/mol. The SMILES string of the molecule is O=C(O)C1CC1=NOCc1ccccn1. The van der Waals surface area contributed by atoms with E-state index in [2.05, 4.69) is 10.1 Å². The van der Waals surface area contributed by atoms with E-state index in [0.717, 1.165) is 5.69 Å². The summed E-state index contributed by atoms with van der Waals surface area (Å²) in [6.45, 7) is 0.274. The summed E-state index contributed by atoms with van der Waals surface area (Å²) in [6, 6.07) is 5.49. The Kier molecular flexibility index (Phi) is 2.62. The molecule has 0 amide bonds. The van der Waals surface area contributed by atoms with Crippen LogP contribution in [0.3, 0.4) is 0 Å². The van der Waals surface area contributed by atoms with Crippen LogP contribution in [0.5, 0.6) is 0 Å². The predicted molar refractivity (Wildman–Crippen MR) is 52.2 cm³/mol. The fourth-order valence-corrected chi connectivity index (χ4v) is 1.15. The first-order valence-corrected chi connectivity index (χ1v) is 4.59. The van der Waals surface area contributed by atoms with Gasteiger partial charge in [-0.15, -0.1) is 0 Å². The largest absolute Gasteiger partial charge is 0.481 e. The van der Waals surface area contributed by atoms with Gasteiger partial charge in [-0.2, -0.15) is 0 Å². The third-order valence-corrected chi connectivity index (χ3v) is 2.07. The Morgan fingerprint density at radius 2 is 2.53 bits per heavy atom. The monoisotopic (exact) mass is 206 g/mol. The van der Waals surface area contributed by atoms with Gasteiger partial charge in [0.25, 0.3) is 0 Å². The fraction of sp³-hybridized carbons (Fsp3) is 0.300. The molecule has 15 heavy (non-hydrogen) atoms. The standard InChI is InChI=1S/C10H10N2O3/c13-10(14)8-5-9(8)12-15-6-7-3-1-2-4-11-7/h1-4,8H,5-6H2,(H,13,14). The van der Waals surface area contributed by atoms with Gasteiger partial charge in [-0.3, -0.25) is 9.78 Å². The van der Waals surface area contributed by atoms with Crippen LogP contribution in [0.2, 0.25) is 0 Å². The van der Waals surface area contributed by atoms with E-state index in [1.54, 1.807) is 6.20 Å². The summed E-state index contributed by atoms with van der Waals surface area (Å²) < 4.78 is 0. The number of oxime groups is 1. The number of hydrogen-bond donors (Lipinski definition) is 1. The summed E-state index contributed by atoms with van der Waals surface area (Å²) in [5.41, 5.74) is 1.37. The van der Waals surface area contributed by atoms with E-state index in [0.29, 0.717) is 12.1 Å². The molecule has 1 fully saturated rings. The molecule has 0 aliphatic heterocycles. The number of aromatic nitrogens is 1. The number of carbonyl (C=O) groups is 1. The zero-order valence-corrected chi connectivity index (χ0v) is 7.96. The molecule has 5 nitrogen and oxygen atoms in total. The molecule has 1 aliphatic rings. The van der Waals surface area contributed by atoms with Crippen molar-refractivity contribution in [3.63, 3.8) is 0 Å². The third-order valence-electron chi connectivity index (χ3n) is 2.07. The number of rotatable bonds is 4. The van der Waals surface area contributed by atoms with Crippen LogP contribution >= 0.6 is 0 Å². The Balaban J connectivity index is 1.79. The first-order valence-electron chi connectivity index (χ1n) is 4.59. The molecule has 5 heteroatoms. The predicted octanol–water partition coefficient (Wildman–Crippen LogP) is 1.06. The Morgan fingerprint density at radius 3 is 3.13 bits per heavy atom. The highest BCUT2D eigenvalue weighted by atomic mass is 16.6. The van der Waals surface area contributed by atoms with Crippen LogP contribution in [0, 0.1) is 5.92 Å². The molecule has 1 heterocycles. The number of aliphatic carboxylic acids is 1. The van der Waals surface area contributed by atoms with Crippen molar-refractivity contribution in [2.45, 2.75) is 13.0 Å². The second-order valence-corrected chi connectivity index (χ2v) is 3.27. The minimum Gasteiger partial charge on any atom is -0.481 e. The van der Waals surface area contributed by atoms with Crippen LogP contribution in [0.15, 0.2) is 29.6 Å². The molecule has 0 saturated heterocycles. The lowest BCUT2D eigenvalue weighted by Crippen LogP contribution is -1.99. The highest BCUT2D eigenvalue weighted by molar-refractivity contribution is 6.14. The van der Waals surface area contributed by atoms with Crippen molar-refractivity contribution in [3.8, 4) is 0 Å². The van der Waals surface area contributed by atoms with E-state index in [1.165, 1.54) is 0 Å². The van der Waals surface area contributed by atoms with Gasteiger partial charge in [0, 0.05) is 12.6 Å². The molecule has 0 spiro atoms. The molecule has 0 bridgehead atoms. The van der Waals surface area contributed by atoms with Gasteiger partial charge < -0.3 is 9.94 Å². The van der Waals surface area contributed by atoms with Crippen molar-refractivity contribution in [2.24, 2.45) is 11.1 Å². The third kappa shape index (κ3) is 2.52. The van der Waals surface area contributed by atoms with E-state index in [4.69, 9.17) is 9.94 Å². The summed E-state index contributed by atoms with van der Waals surface area (Å²) in [4.78, 5) is 19.5. The summed E-state index contributed by atoms with van der Waals surface area (Å²) in [5.74, 6) is -1.27. The van der Waals surface area contributed by atoms with Gasteiger partial charge in [-0.1, -0.05) is 11.2 Å². The number of carboxylic acids is 1. The Labute approximate surface area is 86.4 Å². The van der Waals surface area contributed by atoms with Crippen LogP contribution in [0.25, 0.3) is 0 Å². The highest BCUT2D eigenvalue weighted by Gasteiger charge is 2.39. The first-order chi connectivity index (χ1) is 7.27. The summed E-state index contributed by atoms with van der Waals surface area (Å²) in [7, 11) is 0. The number of carboxylic acid groups (broad SMARTS) is 1. The minimum atomic E-state index is -0.838. The molecule has 1 unspecified atom stereocenters. The van der Waals surface area contributed by atoms with E-state index < -0.39 is 11.9 Å². The minimum absolute atomic E-state index is 0.274. The lowest BCUT2D eigenvalue weighted by Gasteiger charge is -1.96. The van der Waals surface area contributed by atoms with Gasteiger partial charge in [0.15, 0.2) is 6.61 Å². The van der Waals surface area contributed by atoms with Gasteiger partial charge in [0.05, 0.1) is 11.4 Å². The second-order valence-electron chi connectivity index (χ2n) is 3.27. The average molecular weight is 206 g/mol. The fourth-order valence-electron chi connectivity index (χ4n) is 1.15. The van der Waals surface area contributed by atoms with Crippen LogP contribution in [0.4, 0.5) is 0 Å². The second kappa shape index (κ2) is 4.08. The van der Waals surface area contributed by atoms with Crippen molar-refractivity contribution in [1.82, 2.24) is 4.98 Å². The van der Waals surface area contributed by atoms with Gasteiger partial charge >= 0.3 is 5.97 Å². The molecule has 1 aliphatic carbocycles. The maximum absolute atomic E-state index is 10.5. The zero-order chi connectivity index (χ0) is 10.7. The van der Waals surface area contributed by atoms with Gasteiger partial charge in [-0.05, 0) is 12.1 Å². The van der Waals surface area contributed by atoms with Crippen LogP contribution in [-0.4, -0.2) is 21.8 Å². The molecule has 1 atom stereocenters. The Bertz CT molecular complexity index is 389. The lowest BCUT2D eigenvalue weighted by atomic mass is 10.4. The number of hydrogen-bond acceptors (Lipinski definition) is 4. The Hall–Kier alpha value is -1.91. The summed E-state index contributed by atoms with van der Waals surface area (Å²) in [5, 5.41) is 12.3. The lowest BCUT2D eigenvalue weighted by molar-refractivity contribution is -0.137. The van der Waals surface area contributed by atoms with Crippen molar-refractivity contribution in [2.75, 3.05) is 0 Å². The van der Waals surface area contributed by atoms with Crippen LogP contribution in [-0.2, 0) is 16.2 Å². The van der Waals surface area contributed by atoms with E-state index >= 15 is 0 Å². The summed E-state index contributed by atoms with van der Waals surface area (Å²) in [6.07, 6.45) is 2.17. The topological polar surface area (TPSA) is 71.8 Å². The molecular formula is C10H10N2O3. The molecule has 1 aromatic heterocycles. The maximum Gasteiger partial charge on any atom is 0.312 e. The maximum atomic E-state index is 10.5. The Morgan fingerprint density at radius 1 is 1.67 bits per heavy atom. The van der Waals surface area contributed by atoms with Crippen LogP contribution in [0.1, 0.15) is 12.1 Å². The molecule has 1 aromatic rings. The van der Waals surface area contributed by atoms with Gasteiger partial charge in [0.1, 0.15) is 5.92 Å². The van der Waals surface area contributed by atoms with E-state index in [-0.39, 0.29) is 6.61 Å². The zero-order valence-electron chi connectivity index (χ0n) is 7.96.